The fourth-order valence-corrected chi connectivity index (χ4v) is 3.19. The summed E-state index contributed by atoms with van der Waals surface area (Å²) in [5.74, 6) is -0.537. The van der Waals surface area contributed by atoms with Crippen molar-refractivity contribution in [3.8, 4) is 0 Å². The van der Waals surface area contributed by atoms with Gasteiger partial charge < -0.3 is 10.2 Å². The summed E-state index contributed by atoms with van der Waals surface area (Å²) in [5.41, 5.74) is -0.396. The standard InChI is InChI=1S/C17H21N3O3/c1-17(13-8-4-2-5-9-13)15(22)20(16(23)18-17)12-14(21)19-10-6-3-7-11-19/h2,4-5,8-9H,3,6-7,10-12H2,1H3,(H,18,23). The second-order valence-corrected chi connectivity index (χ2v) is 6.25. The van der Waals surface area contributed by atoms with Gasteiger partial charge in [-0.2, -0.15) is 0 Å². The molecule has 2 aliphatic heterocycles. The fraction of sp³-hybridized carbons (Fsp3) is 0.471. The molecule has 1 unspecified atom stereocenters. The van der Waals surface area contributed by atoms with Crippen LogP contribution in [0.15, 0.2) is 30.3 Å². The van der Waals surface area contributed by atoms with Crippen molar-refractivity contribution in [3.63, 3.8) is 0 Å². The predicted molar refractivity (Wildman–Crippen MR) is 84.5 cm³/mol. The van der Waals surface area contributed by atoms with Gasteiger partial charge in [-0.1, -0.05) is 30.3 Å². The Hall–Kier alpha value is -2.37. The molecule has 6 nitrogen and oxygen atoms in total. The lowest BCUT2D eigenvalue weighted by Gasteiger charge is -2.28. The molecule has 0 bridgehead atoms. The Morgan fingerprint density at radius 2 is 1.78 bits per heavy atom. The molecule has 2 fully saturated rings. The number of rotatable bonds is 3. The highest BCUT2D eigenvalue weighted by Gasteiger charge is 2.49. The lowest BCUT2D eigenvalue weighted by Crippen LogP contribution is -2.45. The minimum absolute atomic E-state index is 0.162. The molecule has 1 N–H and O–H groups in total. The van der Waals surface area contributed by atoms with Crippen LogP contribution in [0.4, 0.5) is 4.79 Å². The molecule has 0 aliphatic carbocycles. The second-order valence-electron chi connectivity index (χ2n) is 6.25. The number of piperidine rings is 1. The Bertz CT molecular complexity index is 625. The van der Waals surface area contributed by atoms with Crippen molar-refractivity contribution in [1.29, 1.82) is 0 Å². The predicted octanol–water partition coefficient (Wildman–Crippen LogP) is 1.47. The van der Waals surface area contributed by atoms with Gasteiger partial charge in [0.2, 0.25) is 5.91 Å². The maximum atomic E-state index is 12.7. The Labute approximate surface area is 135 Å². The summed E-state index contributed by atoms with van der Waals surface area (Å²) in [7, 11) is 0. The van der Waals surface area contributed by atoms with Crippen LogP contribution in [0, 0.1) is 0 Å². The fourth-order valence-electron chi connectivity index (χ4n) is 3.19. The molecule has 1 aromatic carbocycles. The number of nitrogens with one attached hydrogen (secondary N) is 1. The van der Waals surface area contributed by atoms with E-state index in [1.807, 2.05) is 18.2 Å². The number of hydrogen-bond donors (Lipinski definition) is 1. The normalized spacial score (nSPS) is 24.7. The molecule has 2 aliphatic rings. The first-order chi connectivity index (χ1) is 11.0. The third-order valence-corrected chi connectivity index (χ3v) is 4.63. The number of imide groups is 1. The average molecular weight is 315 g/mol. The summed E-state index contributed by atoms with van der Waals surface area (Å²) < 4.78 is 0. The van der Waals surface area contributed by atoms with Crippen LogP contribution in [0.25, 0.3) is 0 Å². The third-order valence-electron chi connectivity index (χ3n) is 4.63. The number of benzene rings is 1. The van der Waals surface area contributed by atoms with E-state index in [-0.39, 0.29) is 18.4 Å². The van der Waals surface area contributed by atoms with Gasteiger partial charge in [0, 0.05) is 13.1 Å². The molecular formula is C17H21N3O3. The summed E-state index contributed by atoms with van der Waals surface area (Å²) in [4.78, 5) is 40.1. The zero-order valence-electron chi connectivity index (χ0n) is 13.2. The molecule has 1 aromatic rings. The summed E-state index contributed by atoms with van der Waals surface area (Å²) in [6, 6.07) is 8.59. The SMILES string of the molecule is CC1(c2ccccc2)NC(=O)N(CC(=O)N2CCCCC2)C1=O. The van der Waals surface area contributed by atoms with Gasteiger partial charge in [-0.05, 0) is 31.7 Å². The Balaban J connectivity index is 1.75. The van der Waals surface area contributed by atoms with Crippen molar-refractivity contribution in [2.24, 2.45) is 0 Å². The molecule has 3 rings (SSSR count). The van der Waals surface area contributed by atoms with Crippen LogP contribution >= 0.6 is 0 Å². The summed E-state index contributed by atoms with van der Waals surface area (Å²) >= 11 is 0. The monoisotopic (exact) mass is 315 g/mol. The van der Waals surface area contributed by atoms with Gasteiger partial charge in [0.05, 0.1) is 0 Å². The van der Waals surface area contributed by atoms with Crippen LogP contribution in [0.3, 0.4) is 0 Å². The average Bonchev–Trinajstić information content (AvgIpc) is 2.81. The topological polar surface area (TPSA) is 69.7 Å². The molecule has 0 saturated carbocycles. The van der Waals surface area contributed by atoms with E-state index >= 15 is 0 Å². The quantitative estimate of drug-likeness (QED) is 0.859. The van der Waals surface area contributed by atoms with Gasteiger partial charge in [0.15, 0.2) is 0 Å². The van der Waals surface area contributed by atoms with Gasteiger partial charge in [-0.3, -0.25) is 14.5 Å². The highest BCUT2D eigenvalue weighted by atomic mass is 16.2. The maximum absolute atomic E-state index is 12.7. The third kappa shape index (κ3) is 2.81. The van der Waals surface area contributed by atoms with Gasteiger partial charge in [0.25, 0.3) is 5.91 Å². The molecule has 1 atom stereocenters. The molecule has 122 valence electrons. The van der Waals surface area contributed by atoms with Crippen molar-refractivity contribution >= 4 is 17.8 Å². The molecular weight excluding hydrogens is 294 g/mol. The molecule has 0 aromatic heterocycles. The van der Waals surface area contributed by atoms with Gasteiger partial charge >= 0.3 is 6.03 Å². The Morgan fingerprint density at radius 3 is 2.43 bits per heavy atom. The zero-order valence-corrected chi connectivity index (χ0v) is 13.2. The van der Waals surface area contributed by atoms with Crippen molar-refractivity contribution in [3.05, 3.63) is 35.9 Å². The van der Waals surface area contributed by atoms with Crippen LogP contribution in [-0.4, -0.2) is 47.3 Å². The number of hydrogen-bond acceptors (Lipinski definition) is 3. The van der Waals surface area contributed by atoms with Crippen molar-refractivity contribution in [1.82, 2.24) is 15.1 Å². The molecule has 6 heteroatoms. The largest absolute Gasteiger partial charge is 0.341 e. The second kappa shape index (κ2) is 6.02. The smallest absolute Gasteiger partial charge is 0.325 e. The Morgan fingerprint density at radius 1 is 1.13 bits per heavy atom. The van der Waals surface area contributed by atoms with Crippen LogP contribution < -0.4 is 5.32 Å². The Kier molecular flexibility index (Phi) is 4.07. The molecule has 23 heavy (non-hydrogen) atoms. The van der Waals surface area contributed by atoms with E-state index < -0.39 is 11.6 Å². The molecule has 0 spiro atoms. The number of carbonyl (C=O) groups is 3. The summed E-state index contributed by atoms with van der Waals surface area (Å²) in [6.07, 6.45) is 3.08. The number of likely N-dealkylation sites (tertiary alicyclic amines) is 1. The first kappa shape index (κ1) is 15.5. The van der Waals surface area contributed by atoms with E-state index in [0.29, 0.717) is 18.7 Å². The van der Waals surface area contributed by atoms with Crippen molar-refractivity contribution < 1.29 is 14.4 Å². The molecule has 2 saturated heterocycles. The van der Waals surface area contributed by atoms with E-state index in [1.54, 1.807) is 24.0 Å². The van der Waals surface area contributed by atoms with E-state index in [9.17, 15) is 14.4 Å². The first-order valence-corrected chi connectivity index (χ1v) is 8.00. The lowest BCUT2D eigenvalue weighted by atomic mass is 9.92. The van der Waals surface area contributed by atoms with Gasteiger partial charge in [-0.25, -0.2) is 4.79 Å². The number of carbonyl (C=O) groups excluding carboxylic acids is 3. The molecule has 4 amide bonds. The van der Waals surface area contributed by atoms with E-state index in [2.05, 4.69) is 5.32 Å². The minimum Gasteiger partial charge on any atom is -0.341 e. The van der Waals surface area contributed by atoms with Crippen molar-refractivity contribution in [2.75, 3.05) is 19.6 Å². The number of nitrogens with zero attached hydrogens (tertiary/aromatic N) is 2. The van der Waals surface area contributed by atoms with Gasteiger partial charge in [-0.15, -0.1) is 0 Å². The van der Waals surface area contributed by atoms with Gasteiger partial charge in [0.1, 0.15) is 12.1 Å². The van der Waals surface area contributed by atoms with Crippen LogP contribution in [0.2, 0.25) is 0 Å². The molecule has 0 radical (unpaired) electrons. The first-order valence-electron chi connectivity index (χ1n) is 8.00. The number of urea groups is 1. The highest BCUT2D eigenvalue weighted by molar-refractivity contribution is 6.09. The van der Waals surface area contributed by atoms with Crippen LogP contribution in [0.5, 0.6) is 0 Å². The summed E-state index contributed by atoms with van der Waals surface area (Å²) in [5, 5.41) is 2.72. The van der Waals surface area contributed by atoms with Crippen LogP contribution in [-0.2, 0) is 15.1 Å². The highest BCUT2D eigenvalue weighted by Crippen LogP contribution is 2.28. The van der Waals surface area contributed by atoms with E-state index in [1.165, 1.54) is 0 Å². The minimum atomic E-state index is -1.11. The maximum Gasteiger partial charge on any atom is 0.325 e. The zero-order chi connectivity index (χ0) is 16.4. The van der Waals surface area contributed by atoms with Crippen LogP contribution in [0.1, 0.15) is 31.7 Å². The van der Waals surface area contributed by atoms with Crippen molar-refractivity contribution in [2.45, 2.75) is 31.7 Å². The number of amides is 4. The summed E-state index contributed by atoms with van der Waals surface area (Å²) in [6.45, 7) is 2.90. The van der Waals surface area contributed by atoms with E-state index in [4.69, 9.17) is 0 Å². The van der Waals surface area contributed by atoms with E-state index in [0.717, 1.165) is 24.2 Å². The lowest BCUT2D eigenvalue weighted by molar-refractivity contribution is -0.139. The molecule has 2 heterocycles.